The molecule has 3 nitrogen and oxygen atoms in total. The maximum atomic E-state index is 13.7. The molecule has 0 fully saturated rings. The van der Waals surface area contributed by atoms with Crippen molar-refractivity contribution >= 4 is 51.4 Å². The minimum absolute atomic E-state index is 0.0371. The molecule has 0 aliphatic carbocycles. The summed E-state index contributed by atoms with van der Waals surface area (Å²) in [5.74, 6) is 2.33. The van der Waals surface area contributed by atoms with Crippen molar-refractivity contribution in [3.8, 4) is 12.3 Å². The number of hydrogen-bond donors (Lipinski definition) is 0. The fourth-order valence-corrected chi connectivity index (χ4v) is 5.03. The molecule has 2 heterocycles. The number of amides is 1. The predicted octanol–water partition coefficient (Wildman–Crippen LogP) is 6.59. The number of carbonyl (C=O) groups is 1. The van der Waals surface area contributed by atoms with Crippen molar-refractivity contribution in [3.05, 3.63) is 94.1 Å². The van der Waals surface area contributed by atoms with Gasteiger partial charge in [-0.15, -0.1) is 6.42 Å². The summed E-state index contributed by atoms with van der Waals surface area (Å²) < 4.78 is 2.05. The normalized spacial score (nSPS) is 15.3. The molecule has 1 aliphatic rings. The van der Waals surface area contributed by atoms with Crippen molar-refractivity contribution in [3.63, 3.8) is 0 Å². The molecule has 0 N–H and O–H groups in total. The number of nitrogens with zero attached hydrogens (tertiary/aromatic N) is 2. The van der Waals surface area contributed by atoms with Crippen LogP contribution in [0.1, 0.15) is 17.0 Å². The lowest BCUT2D eigenvalue weighted by Crippen LogP contribution is -2.25. The van der Waals surface area contributed by atoms with Gasteiger partial charge in [0.25, 0.3) is 0 Å². The average molecular weight is 445 g/mol. The maximum absolute atomic E-state index is 13.7. The van der Waals surface area contributed by atoms with E-state index in [0.717, 1.165) is 27.7 Å². The molecule has 31 heavy (non-hydrogen) atoms. The standard InChI is InChI=1S/C26H18Cl2N2O/c1-2-14-29-16-17(18-8-3-5-12-23(18)29)15-20-19-9-4-6-13-24(19)30(26(20)31)25-21(27)10-7-11-22(25)28/h1,3-13,16,20H,14-15H2. The summed E-state index contributed by atoms with van der Waals surface area (Å²) in [6, 6.07) is 21.2. The van der Waals surface area contributed by atoms with Crippen molar-refractivity contribution in [2.24, 2.45) is 0 Å². The lowest BCUT2D eigenvalue weighted by molar-refractivity contribution is -0.118. The average Bonchev–Trinajstić information content (AvgIpc) is 3.25. The number of halogens is 2. The number of hydrogen-bond acceptors (Lipinski definition) is 1. The molecule has 1 atom stereocenters. The van der Waals surface area contributed by atoms with Crippen LogP contribution >= 0.6 is 23.2 Å². The van der Waals surface area contributed by atoms with Gasteiger partial charge in [-0.05, 0) is 41.8 Å². The van der Waals surface area contributed by atoms with Crippen LogP contribution in [0.15, 0.2) is 72.9 Å². The molecule has 0 bridgehead atoms. The van der Waals surface area contributed by atoms with E-state index in [1.807, 2.05) is 36.4 Å². The molecule has 152 valence electrons. The fourth-order valence-electron chi connectivity index (χ4n) is 4.46. The van der Waals surface area contributed by atoms with Gasteiger partial charge in [-0.1, -0.05) is 71.6 Å². The van der Waals surface area contributed by atoms with Crippen LogP contribution < -0.4 is 4.90 Å². The van der Waals surface area contributed by atoms with Crippen LogP contribution in [0.5, 0.6) is 0 Å². The molecule has 1 unspecified atom stereocenters. The van der Waals surface area contributed by atoms with E-state index in [2.05, 4.69) is 28.8 Å². The smallest absolute Gasteiger partial charge is 0.239 e. The van der Waals surface area contributed by atoms with Crippen molar-refractivity contribution in [2.45, 2.75) is 18.9 Å². The number of fused-ring (bicyclic) bond motifs is 2. The molecule has 5 heteroatoms. The van der Waals surface area contributed by atoms with Gasteiger partial charge in [0.1, 0.15) is 0 Å². The van der Waals surface area contributed by atoms with Crippen LogP contribution in [0.4, 0.5) is 11.4 Å². The van der Waals surface area contributed by atoms with Gasteiger partial charge < -0.3 is 4.57 Å². The summed E-state index contributed by atoms with van der Waals surface area (Å²) in [7, 11) is 0. The third-order valence-corrected chi connectivity index (χ3v) is 6.40. The monoisotopic (exact) mass is 444 g/mol. The topological polar surface area (TPSA) is 25.2 Å². The van der Waals surface area contributed by atoms with E-state index in [1.165, 1.54) is 0 Å². The summed E-state index contributed by atoms with van der Waals surface area (Å²) in [6.07, 6.45) is 8.19. The lowest BCUT2D eigenvalue weighted by atomic mass is 9.93. The molecule has 4 aromatic rings. The van der Waals surface area contributed by atoms with Gasteiger partial charge in [0.2, 0.25) is 5.91 Å². The summed E-state index contributed by atoms with van der Waals surface area (Å²) in [5.41, 5.74) is 4.48. The fraction of sp³-hybridized carbons (Fsp3) is 0.115. The van der Waals surface area contributed by atoms with Gasteiger partial charge in [0, 0.05) is 17.1 Å². The van der Waals surface area contributed by atoms with E-state index >= 15 is 0 Å². The van der Waals surface area contributed by atoms with E-state index in [0.29, 0.717) is 28.7 Å². The Bertz CT molecular complexity index is 1350. The first kappa shape index (κ1) is 19.8. The second-order valence-electron chi connectivity index (χ2n) is 7.56. The Morgan fingerprint density at radius 1 is 0.935 bits per heavy atom. The highest BCUT2D eigenvalue weighted by atomic mass is 35.5. The van der Waals surface area contributed by atoms with Crippen molar-refractivity contribution in [1.29, 1.82) is 0 Å². The van der Waals surface area contributed by atoms with E-state index < -0.39 is 0 Å². The highest BCUT2D eigenvalue weighted by Gasteiger charge is 2.39. The summed E-state index contributed by atoms with van der Waals surface area (Å²) >= 11 is 12.9. The van der Waals surface area contributed by atoms with E-state index in [-0.39, 0.29) is 11.8 Å². The van der Waals surface area contributed by atoms with Gasteiger partial charge in [-0.25, -0.2) is 0 Å². The first-order valence-electron chi connectivity index (χ1n) is 9.97. The Hall–Kier alpha value is -3.19. The summed E-state index contributed by atoms with van der Waals surface area (Å²) in [5, 5.41) is 2.00. The number of rotatable bonds is 4. The molecule has 0 saturated heterocycles. The van der Waals surface area contributed by atoms with Crippen LogP contribution in [-0.2, 0) is 17.8 Å². The zero-order valence-electron chi connectivity index (χ0n) is 16.6. The van der Waals surface area contributed by atoms with Crippen molar-refractivity contribution in [1.82, 2.24) is 4.57 Å². The van der Waals surface area contributed by atoms with Crippen LogP contribution in [0.2, 0.25) is 10.0 Å². The third-order valence-electron chi connectivity index (χ3n) is 5.79. The van der Waals surface area contributed by atoms with Crippen LogP contribution in [0, 0.1) is 12.3 Å². The van der Waals surface area contributed by atoms with Crippen LogP contribution in [0.3, 0.4) is 0 Å². The third kappa shape index (κ3) is 3.20. The Morgan fingerprint density at radius 2 is 1.65 bits per heavy atom. The number of terminal acetylenes is 1. The highest BCUT2D eigenvalue weighted by molar-refractivity contribution is 6.40. The van der Waals surface area contributed by atoms with E-state index in [1.54, 1.807) is 23.1 Å². The zero-order valence-corrected chi connectivity index (χ0v) is 18.1. The maximum Gasteiger partial charge on any atom is 0.239 e. The van der Waals surface area contributed by atoms with Gasteiger partial charge in [-0.3, -0.25) is 9.69 Å². The minimum Gasteiger partial charge on any atom is -0.336 e. The molecule has 1 amide bonds. The van der Waals surface area contributed by atoms with Gasteiger partial charge in [-0.2, -0.15) is 0 Å². The lowest BCUT2D eigenvalue weighted by Gasteiger charge is -2.21. The van der Waals surface area contributed by atoms with Gasteiger partial charge in [0.15, 0.2) is 0 Å². The first-order valence-corrected chi connectivity index (χ1v) is 10.7. The molecule has 0 radical (unpaired) electrons. The van der Waals surface area contributed by atoms with Crippen LogP contribution in [-0.4, -0.2) is 10.5 Å². The predicted molar refractivity (Wildman–Crippen MR) is 127 cm³/mol. The van der Waals surface area contributed by atoms with E-state index in [9.17, 15) is 4.79 Å². The quantitative estimate of drug-likeness (QED) is 0.326. The highest BCUT2D eigenvalue weighted by Crippen LogP contribution is 2.47. The Balaban J connectivity index is 1.61. The Morgan fingerprint density at radius 3 is 2.42 bits per heavy atom. The second kappa shape index (κ2) is 7.81. The SMILES string of the molecule is C#CCn1cc(CC2C(=O)N(c3c(Cl)cccc3Cl)c3ccccc32)c2ccccc21. The summed E-state index contributed by atoms with van der Waals surface area (Å²) in [6.45, 7) is 0.483. The molecule has 0 saturated carbocycles. The minimum atomic E-state index is -0.339. The van der Waals surface area contributed by atoms with Gasteiger partial charge in [0.05, 0.1) is 33.9 Å². The number of carbonyl (C=O) groups excluding carboxylic acids is 1. The molecular weight excluding hydrogens is 427 g/mol. The number of para-hydroxylation sites is 3. The molecule has 0 spiro atoms. The first-order chi connectivity index (χ1) is 15.1. The molecule has 3 aromatic carbocycles. The largest absolute Gasteiger partial charge is 0.336 e. The number of aromatic nitrogens is 1. The molecular formula is C26H18Cl2N2O. The Kier molecular flexibility index (Phi) is 4.98. The number of benzene rings is 3. The molecule has 5 rings (SSSR count). The van der Waals surface area contributed by atoms with Crippen LogP contribution in [0.25, 0.3) is 10.9 Å². The second-order valence-corrected chi connectivity index (χ2v) is 8.38. The summed E-state index contributed by atoms with van der Waals surface area (Å²) in [4.78, 5) is 15.4. The molecule has 1 aliphatic heterocycles. The van der Waals surface area contributed by atoms with Gasteiger partial charge >= 0.3 is 0 Å². The molecule has 1 aromatic heterocycles. The van der Waals surface area contributed by atoms with Crippen molar-refractivity contribution in [2.75, 3.05) is 4.90 Å². The number of anilines is 2. The van der Waals surface area contributed by atoms with E-state index in [4.69, 9.17) is 29.6 Å². The Labute approximate surface area is 190 Å². The zero-order chi connectivity index (χ0) is 21.5. The van der Waals surface area contributed by atoms with Crippen molar-refractivity contribution < 1.29 is 4.79 Å².